The molecule has 3 unspecified atom stereocenters. The Balaban J connectivity index is 2.07. The monoisotopic (exact) mass is 274 g/mol. The molecule has 1 fully saturated rings. The molecule has 20 heavy (non-hydrogen) atoms. The molecule has 2 nitrogen and oxygen atoms in total. The van der Waals surface area contributed by atoms with Crippen LogP contribution < -0.4 is 10.6 Å². The second-order valence-corrected chi connectivity index (χ2v) is 6.34. The van der Waals surface area contributed by atoms with Crippen LogP contribution in [0.5, 0.6) is 0 Å². The molecule has 1 saturated carbocycles. The smallest absolute Gasteiger partial charge is 0.0395 e. The lowest BCUT2D eigenvalue weighted by Crippen LogP contribution is -2.43. The van der Waals surface area contributed by atoms with Gasteiger partial charge in [0.15, 0.2) is 0 Å². The number of rotatable bonds is 5. The van der Waals surface area contributed by atoms with Crippen LogP contribution in [0.15, 0.2) is 24.3 Å². The second-order valence-electron chi connectivity index (χ2n) is 6.34. The van der Waals surface area contributed by atoms with Gasteiger partial charge in [0.2, 0.25) is 0 Å². The predicted molar refractivity (Wildman–Crippen MR) is 88.2 cm³/mol. The van der Waals surface area contributed by atoms with E-state index in [0.29, 0.717) is 12.0 Å². The highest BCUT2D eigenvalue weighted by Crippen LogP contribution is 2.32. The predicted octanol–water partition coefficient (Wildman–Crippen LogP) is 3.97. The molecular weight excluding hydrogens is 244 g/mol. The summed E-state index contributed by atoms with van der Waals surface area (Å²) in [5.41, 5.74) is 9.13. The summed E-state index contributed by atoms with van der Waals surface area (Å²) in [7, 11) is 0. The van der Waals surface area contributed by atoms with Gasteiger partial charge in [-0.1, -0.05) is 31.5 Å². The van der Waals surface area contributed by atoms with E-state index in [2.05, 4.69) is 49.9 Å². The molecule has 0 amide bonds. The van der Waals surface area contributed by atoms with E-state index in [1.807, 2.05) is 0 Å². The highest BCUT2D eigenvalue weighted by atomic mass is 15.1. The Bertz CT molecular complexity index is 416. The molecule has 1 aromatic carbocycles. The number of benzene rings is 1. The third-order valence-electron chi connectivity index (χ3n) is 5.02. The maximum absolute atomic E-state index is 6.39. The van der Waals surface area contributed by atoms with Gasteiger partial charge in [-0.25, -0.2) is 0 Å². The number of para-hydroxylation sites is 1. The lowest BCUT2D eigenvalue weighted by molar-refractivity contribution is 0.230. The molecule has 1 aliphatic carbocycles. The van der Waals surface area contributed by atoms with Crippen molar-refractivity contribution in [2.75, 3.05) is 18.0 Å². The molecule has 3 atom stereocenters. The Kier molecular flexibility index (Phi) is 5.47. The first-order valence-electron chi connectivity index (χ1n) is 8.21. The SMILES string of the molecule is CCC1CCC(N)C(CN(CC)c2ccccc2C)C1. The summed E-state index contributed by atoms with van der Waals surface area (Å²) in [5.74, 6) is 1.53. The van der Waals surface area contributed by atoms with E-state index >= 15 is 0 Å². The highest BCUT2D eigenvalue weighted by Gasteiger charge is 2.28. The van der Waals surface area contributed by atoms with Gasteiger partial charge < -0.3 is 10.6 Å². The van der Waals surface area contributed by atoms with Crippen LogP contribution in [-0.2, 0) is 0 Å². The molecule has 1 aliphatic rings. The topological polar surface area (TPSA) is 29.3 Å². The minimum Gasteiger partial charge on any atom is -0.371 e. The molecule has 1 aromatic rings. The largest absolute Gasteiger partial charge is 0.371 e. The van der Waals surface area contributed by atoms with Crippen LogP contribution in [0.4, 0.5) is 5.69 Å². The lowest BCUT2D eigenvalue weighted by atomic mass is 9.77. The van der Waals surface area contributed by atoms with Gasteiger partial charge in [0, 0.05) is 24.8 Å². The van der Waals surface area contributed by atoms with Crippen LogP contribution in [0.25, 0.3) is 0 Å². The fourth-order valence-corrected chi connectivity index (χ4v) is 3.56. The van der Waals surface area contributed by atoms with E-state index < -0.39 is 0 Å². The number of aryl methyl sites for hydroxylation is 1. The van der Waals surface area contributed by atoms with E-state index in [4.69, 9.17) is 5.73 Å². The average Bonchev–Trinajstić information content (AvgIpc) is 2.47. The Morgan fingerprint density at radius 2 is 1.95 bits per heavy atom. The first kappa shape index (κ1) is 15.4. The van der Waals surface area contributed by atoms with E-state index in [1.165, 1.54) is 36.9 Å². The fraction of sp³-hybridized carbons (Fsp3) is 0.667. The van der Waals surface area contributed by atoms with Crippen molar-refractivity contribution in [2.24, 2.45) is 17.6 Å². The highest BCUT2D eigenvalue weighted by molar-refractivity contribution is 5.52. The van der Waals surface area contributed by atoms with Gasteiger partial charge in [-0.15, -0.1) is 0 Å². The summed E-state index contributed by atoms with van der Waals surface area (Å²) in [6, 6.07) is 9.08. The van der Waals surface area contributed by atoms with Crippen LogP contribution in [0, 0.1) is 18.8 Å². The maximum Gasteiger partial charge on any atom is 0.0395 e. The fourth-order valence-electron chi connectivity index (χ4n) is 3.56. The van der Waals surface area contributed by atoms with E-state index in [1.54, 1.807) is 0 Å². The Morgan fingerprint density at radius 3 is 2.60 bits per heavy atom. The molecule has 112 valence electrons. The molecule has 2 heteroatoms. The number of hydrogen-bond acceptors (Lipinski definition) is 2. The van der Waals surface area contributed by atoms with Gasteiger partial charge in [0.05, 0.1) is 0 Å². The molecular formula is C18H30N2. The molecule has 0 bridgehead atoms. The Morgan fingerprint density at radius 1 is 1.20 bits per heavy atom. The Labute approximate surface area is 124 Å². The number of anilines is 1. The molecule has 0 radical (unpaired) electrons. The van der Waals surface area contributed by atoms with Crippen molar-refractivity contribution in [1.29, 1.82) is 0 Å². The summed E-state index contributed by atoms with van der Waals surface area (Å²) in [6.07, 6.45) is 5.14. The molecule has 0 spiro atoms. The normalized spacial score (nSPS) is 26.5. The minimum atomic E-state index is 0.385. The zero-order chi connectivity index (χ0) is 14.5. The van der Waals surface area contributed by atoms with Crippen molar-refractivity contribution >= 4 is 5.69 Å². The average molecular weight is 274 g/mol. The van der Waals surface area contributed by atoms with Crippen molar-refractivity contribution in [3.05, 3.63) is 29.8 Å². The van der Waals surface area contributed by atoms with Crippen LogP contribution in [0.2, 0.25) is 0 Å². The minimum absolute atomic E-state index is 0.385. The zero-order valence-electron chi connectivity index (χ0n) is 13.3. The third-order valence-corrected chi connectivity index (χ3v) is 5.02. The van der Waals surface area contributed by atoms with Gasteiger partial charge in [0.1, 0.15) is 0 Å². The van der Waals surface area contributed by atoms with Crippen LogP contribution in [0.3, 0.4) is 0 Å². The zero-order valence-corrected chi connectivity index (χ0v) is 13.3. The Hall–Kier alpha value is -1.02. The first-order valence-corrected chi connectivity index (χ1v) is 8.21. The van der Waals surface area contributed by atoms with Crippen molar-refractivity contribution in [3.63, 3.8) is 0 Å². The number of hydrogen-bond donors (Lipinski definition) is 1. The second kappa shape index (κ2) is 7.12. The van der Waals surface area contributed by atoms with Gasteiger partial charge in [0.25, 0.3) is 0 Å². The number of nitrogens with zero attached hydrogens (tertiary/aromatic N) is 1. The summed E-state index contributed by atoms with van der Waals surface area (Å²) >= 11 is 0. The van der Waals surface area contributed by atoms with Crippen LogP contribution in [-0.4, -0.2) is 19.1 Å². The summed E-state index contributed by atoms with van der Waals surface area (Å²) in [5, 5.41) is 0. The maximum atomic E-state index is 6.39. The number of nitrogens with two attached hydrogens (primary N) is 1. The van der Waals surface area contributed by atoms with Crippen molar-refractivity contribution in [2.45, 2.75) is 52.5 Å². The van der Waals surface area contributed by atoms with E-state index in [-0.39, 0.29) is 0 Å². The van der Waals surface area contributed by atoms with Crippen LogP contribution in [0.1, 0.15) is 45.1 Å². The van der Waals surface area contributed by atoms with E-state index in [0.717, 1.165) is 19.0 Å². The van der Waals surface area contributed by atoms with Crippen LogP contribution >= 0.6 is 0 Å². The molecule has 0 aromatic heterocycles. The molecule has 0 saturated heterocycles. The van der Waals surface area contributed by atoms with E-state index in [9.17, 15) is 0 Å². The van der Waals surface area contributed by atoms with Gasteiger partial charge >= 0.3 is 0 Å². The first-order chi connectivity index (χ1) is 9.65. The summed E-state index contributed by atoms with van der Waals surface area (Å²) in [6.45, 7) is 8.94. The van der Waals surface area contributed by atoms with Gasteiger partial charge in [-0.2, -0.15) is 0 Å². The quantitative estimate of drug-likeness (QED) is 0.880. The molecule has 0 aliphatic heterocycles. The van der Waals surface area contributed by atoms with Gasteiger partial charge in [-0.05, 0) is 56.6 Å². The summed E-state index contributed by atoms with van der Waals surface area (Å²) in [4.78, 5) is 2.51. The van der Waals surface area contributed by atoms with Crippen molar-refractivity contribution in [3.8, 4) is 0 Å². The molecule has 2 rings (SSSR count). The third kappa shape index (κ3) is 3.54. The summed E-state index contributed by atoms with van der Waals surface area (Å²) < 4.78 is 0. The van der Waals surface area contributed by atoms with Crippen molar-refractivity contribution in [1.82, 2.24) is 0 Å². The van der Waals surface area contributed by atoms with Crippen molar-refractivity contribution < 1.29 is 0 Å². The molecule has 0 heterocycles. The van der Waals surface area contributed by atoms with Gasteiger partial charge in [-0.3, -0.25) is 0 Å². The standard InChI is InChI=1S/C18H30N2/c1-4-15-10-11-17(19)16(12-15)13-20(5-2)18-9-7-6-8-14(18)3/h6-9,15-17H,4-5,10-13,19H2,1-3H3. The molecule has 2 N–H and O–H groups in total. The lowest BCUT2D eigenvalue weighted by Gasteiger charge is -2.38.